The number of hydrogen-bond acceptors (Lipinski definition) is 7. The zero-order chi connectivity index (χ0) is 21.1. The normalized spacial score (nSPS) is 12.2. The van der Waals surface area contributed by atoms with Gasteiger partial charge in [0.05, 0.1) is 6.61 Å². The number of rotatable bonds is 7. The Morgan fingerprint density at radius 3 is 2.60 bits per heavy atom. The van der Waals surface area contributed by atoms with Crippen LogP contribution in [0.3, 0.4) is 0 Å². The highest BCUT2D eigenvalue weighted by Gasteiger charge is 2.26. The predicted octanol–water partition coefficient (Wildman–Crippen LogP) is 5.25. The zero-order valence-electron chi connectivity index (χ0n) is 17.0. The van der Waals surface area contributed by atoms with Crippen molar-refractivity contribution in [3.63, 3.8) is 0 Å². The lowest BCUT2D eigenvalue weighted by atomic mass is 10.1. The summed E-state index contributed by atoms with van der Waals surface area (Å²) in [5.74, 6) is 0.0910. The summed E-state index contributed by atoms with van der Waals surface area (Å²) in [6.07, 6.45) is -0.739. The minimum Gasteiger partial charge on any atom is -0.449 e. The van der Waals surface area contributed by atoms with Crippen molar-refractivity contribution in [1.29, 1.82) is 0 Å². The number of aromatic nitrogens is 2. The van der Waals surface area contributed by atoms with Crippen LogP contribution in [0.4, 0.5) is 0 Å². The number of carbonyl (C=O) groups is 1. The second kappa shape index (κ2) is 8.51. The van der Waals surface area contributed by atoms with Gasteiger partial charge in [0.1, 0.15) is 5.58 Å². The van der Waals surface area contributed by atoms with E-state index in [1.54, 1.807) is 13.0 Å². The summed E-state index contributed by atoms with van der Waals surface area (Å²) in [4.78, 5) is 12.8. The van der Waals surface area contributed by atoms with Crippen molar-refractivity contribution in [3.8, 4) is 11.5 Å². The number of ether oxygens (including phenoxy) is 2. The van der Waals surface area contributed by atoms with Gasteiger partial charge in [0.25, 0.3) is 5.89 Å². The Kier molecular flexibility index (Phi) is 5.63. The fourth-order valence-electron chi connectivity index (χ4n) is 3.09. The number of fused-ring (bicyclic) bond motifs is 1. The van der Waals surface area contributed by atoms with Crippen LogP contribution in [0, 0.1) is 6.92 Å². The smallest absolute Gasteiger partial charge is 0.375 e. The van der Waals surface area contributed by atoms with Gasteiger partial charge in [-0.2, -0.15) is 0 Å². The van der Waals surface area contributed by atoms with Gasteiger partial charge in [-0.25, -0.2) is 4.79 Å². The van der Waals surface area contributed by atoms with Crippen molar-refractivity contribution < 1.29 is 23.1 Å². The second-order valence-electron chi connectivity index (χ2n) is 6.90. The Hall–Kier alpha value is -3.45. The van der Waals surface area contributed by atoms with Crippen LogP contribution < -0.4 is 0 Å². The number of furan rings is 1. The van der Waals surface area contributed by atoms with Gasteiger partial charge in [-0.1, -0.05) is 35.9 Å². The summed E-state index contributed by atoms with van der Waals surface area (Å²) in [5.41, 5.74) is 3.20. The van der Waals surface area contributed by atoms with E-state index in [1.165, 1.54) is 0 Å². The fraction of sp³-hybridized carbons (Fsp3) is 0.261. The molecule has 154 valence electrons. The van der Waals surface area contributed by atoms with Crippen molar-refractivity contribution in [3.05, 3.63) is 71.3 Å². The van der Waals surface area contributed by atoms with Crippen LogP contribution in [0.5, 0.6) is 0 Å². The summed E-state index contributed by atoms with van der Waals surface area (Å²) in [7, 11) is 0. The SMILES string of the molecule is CCOCc1c(C(=O)O[C@H](C)c2nnc(-c3ccc(C)cc3)o2)oc2ccccc12. The number of para-hydroxylation sites is 1. The van der Waals surface area contributed by atoms with Crippen LogP contribution in [-0.2, 0) is 16.1 Å². The molecule has 0 aliphatic rings. The molecule has 7 nitrogen and oxygen atoms in total. The van der Waals surface area contributed by atoms with Crippen LogP contribution in [-0.4, -0.2) is 22.8 Å². The van der Waals surface area contributed by atoms with E-state index >= 15 is 0 Å². The average Bonchev–Trinajstić information content (AvgIpc) is 3.38. The van der Waals surface area contributed by atoms with E-state index in [1.807, 2.05) is 56.3 Å². The predicted molar refractivity (Wildman–Crippen MR) is 110 cm³/mol. The molecule has 4 rings (SSSR count). The number of carbonyl (C=O) groups excluding carboxylic acids is 1. The van der Waals surface area contributed by atoms with E-state index < -0.39 is 12.1 Å². The number of nitrogens with zero attached hydrogens (tertiary/aromatic N) is 2. The molecule has 2 aromatic heterocycles. The van der Waals surface area contributed by atoms with Gasteiger partial charge >= 0.3 is 5.97 Å². The molecule has 0 aliphatic carbocycles. The Labute approximate surface area is 173 Å². The Balaban J connectivity index is 1.55. The van der Waals surface area contributed by atoms with E-state index in [9.17, 15) is 4.79 Å². The first-order valence-corrected chi connectivity index (χ1v) is 9.76. The molecule has 0 aliphatic heterocycles. The van der Waals surface area contributed by atoms with E-state index in [0.29, 0.717) is 23.6 Å². The van der Waals surface area contributed by atoms with Crippen LogP contribution in [0.2, 0.25) is 0 Å². The maximum Gasteiger partial charge on any atom is 0.375 e. The molecule has 0 bridgehead atoms. The molecule has 7 heteroatoms. The standard InChI is InChI=1S/C23H22N2O5/c1-4-27-13-18-17-7-5-6-8-19(17)29-20(18)23(26)28-15(3)21-24-25-22(30-21)16-11-9-14(2)10-12-16/h5-12,15H,4,13H2,1-3H3/t15-/m1/s1. The van der Waals surface area contributed by atoms with Crippen molar-refractivity contribution >= 4 is 16.9 Å². The van der Waals surface area contributed by atoms with Crippen molar-refractivity contribution in [2.75, 3.05) is 6.61 Å². The monoisotopic (exact) mass is 406 g/mol. The summed E-state index contributed by atoms with van der Waals surface area (Å²) < 4.78 is 22.5. The molecule has 30 heavy (non-hydrogen) atoms. The molecule has 0 N–H and O–H groups in total. The maximum atomic E-state index is 12.8. The number of hydrogen-bond donors (Lipinski definition) is 0. The van der Waals surface area contributed by atoms with Gasteiger partial charge in [0, 0.05) is 23.1 Å². The molecule has 1 atom stereocenters. The van der Waals surface area contributed by atoms with Crippen LogP contribution in [0.25, 0.3) is 22.4 Å². The molecule has 4 aromatic rings. The number of aryl methyl sites for hydroxylation is 1. The third kappa shape index (κ3) is 3.97. The van der Waals surface area contributed by atoms with Gasteiger partial charge in [0.15, 0.2) is 6.10 Å². The topological polar surface area (TPSA) is 87.6 Å². The summed E-state index contributed by atoms with van der Waals surface area (Å²) in [5, 5.41) is 8.91. The Morgan fingerprint density at radius 2 is 1.83 bits per heavy atom. The van der Waals surface area contributed by atoms with E-state index in [2.05, 4.69) is 10.2 Å². The molecule has 0 amide bonds. The molecule has 2 aromatic carbocycles. The highest BCUT2D eigenvalue weighted by Crippen LogP contribution is 2.29. The van der Waals surface area contributed by atoms with Crippen molar-refractivity contribution in [2.45, 2.75) is 33.5 Å². The third-order valence-corrected chi connectivity index (χ3v) is 4.70. The average molecular weight is 406 g/mol. The quantitative estimate of drug-likeness (QED) is 0.388. The van der Waals surface area contributed by atoms with Crippen molar-refractivity contribution in [1.82, 2.24) is 10.2 Å². The minimum atomic E-state index is -0.739. The lowest BCUT2D eigenvalue weighted by Gasteiger charge is -2.09. The Morgan fingerprint density at radius 1 is 1.07 bits per heavy atom. The lowest BCUT2D eigenvalue weighted by Crippen LogP contribution is -2.11. The first-order valence-electron chi connectivity index (χ1n) is 9.76. The van der Waals surface area contributed by atoms with Crippen LogP contribution in [0.15, 0.2) is 57.4 Å². The molecule has 0 saturated heterocycles. The maximum absolute atomic E-state index is 12.8. The van der Waals surface area contributed by atoms with Gasteiger partial charge in [-0.3, -0.25) is 0 Å². The van der Waals surface area contributed by atoms with Gasteiger partial charge < -0.3 is 18.3 Å². The van der Waals surface area contributed by atoms with Crippen LogP contribution in [0.1, 0.15) is 47.5 Å². The van der Waals surface area contributed by atoms with E-state index in [-0.39, 0.29) is 18.3 Å². The molecular formula is C23H22N2O5. The highest BCUT2D eigenvalue weighted by atomic mass is 16.6. The van der Waals surface area contributed by atoms with Gasteiger partial charge in [0.2, 0.25) is 11.7 Å². The Bertz CT molecular complexity index is 1160. The molecule has 0 unspecified atom stereocenters. The highest BCUT2D eigenvalue weighted by molar-refractivity contribution is 5.96. The molecule has 0 radical (unpaired) electrons. The molecule has 0 saturated carbocycles. The lowest BCUT2D eigenvalue weighted by molar-refractivity contribution is 0.0240. The van der Waals surface area contributed by atoms with Gasteiger partial charge in [-0.05, 0) is 39.0 Å². The number of benzene rings is 2. The summed E-state index contributed by atoms with van der Waals surface area (Å²) in [6.45, 7) is 6.35. The van der Waals surface area contributed by atoms with E-state index in [0.717, 1.165) is 16.5 Å². The zero-order valence-corrected chi connectivity index (χ0v) is 17.0. The minimum absolute atomic E-state index is 0.120. The molecular weight excluding hydrogens is 384 g/mol. The third-order valence-electron chi connectivity index (χ3n) is 4.70. The fourth-order valence-corrected chi connectivity index (χ4v) is 3.09. The van der Waals surface area contributed by atoms with Crippen molar-refractivity contribution in [2.24, 2.45) is 0 Å². The second-order valence-corrected chi connectivity index (χ2v) is 6.90. The van der Waals surface area contributed by atoms with Crippen LogP contribution >= 0.6 is 0 Å². The molecule has 2 heterocycles. The molecule has 0 fully saturated rings. The van der Waals surface area contributed by atoms with Gasteiger partial charge in [-0.15, -0.1) is 10.2 Å². The first-order chi connectivity index (χ1) is 14.6. The summed E-state index contributed by atoms with van der Waals surface area (Å²) >= 11 is 0. The van der Waals surface area contributed by atoms with E-state index in [4.69, 9.17) is 18.3 Å². The number of esters is 1. The first kappa shape index (κ1) is 19.8. The summed E-state index contributed by atoms with van der Waals surface area (Å²) in [6, 6.07) is 15.1. The molecule has 0 spiro atoms. The largest absolute Gasteiger partial charge is 0.449 e.